The number of H-pyrrole nitrogens is 1. The van der Waals surface area contributed by atoms with Gasteiger partial charge in [0.05, 0.1) is 29.5 Å². The number of nitrogens with zero attached hydrogens (tertiary/aromatic N) is 2. The number of benzene rings is 1. The van der Waals surface area contributed by atoms with Gasteiger partial charge in [0.1, 0.15) is 12.4 Å². The van der Waals surface area contributed by atoms with Crippen LogP contribution in [0.15, 0.2) is 79.8 Å². The van der Waals surface area contributed by atoms with Gasteiger partial charge in [0.2, 0.25) is 5.91 Å². The van der Waals surface area contributed by atoms with E-state index in [0.29, 0.717) is 18.9 Å². The molecule has 1 aromatic carbocycles. The summed E-state index contributed by atoms with van der Waals surface area (Å²) in [6.45, 7) is 4.13. The molecule has 0 saturated carbocycles. The molecule has 0 aliphatic carbocycles. The van der Waals surface area contributed by atoms with Gasteiger partial charge in [-0.2, -0.15) is 0 Å². The topological polar surface area (TPSA) is 79.9 Å². The summed E-state index contributed by atoms with van der Waals surface area (Å²) >= 11 is 0. The highest BCUT2D eigenvalue weighted by molar-refractivity contribution is 6.02. The fourth-order valence-electron chi connectivity index (χ4n) is 3.22. The molecule has 0 unspecified atom stereocenters. The van der Waals surface area contributed by atoms with E-state index in [0.717, 1.165) is 33.4 Å². The van der Waals surface area contributed by atoms with Crippen molar-refractivity contribution in [1.29, 1.82) is 0 Å². The Hall–Kier alpha value is -3.93. The Bertz CT molecular complexity index is 1150. The number of ether oxygens (including phenoxy) is 1. The van der Waals surface area contributed by atoms with Gasteiger partial charge in [-0.1, -0.05) is 36.9 Å². The van der Waals surface area contributed by atoms with Crippen LogP contribution < -0.4 is 10.1 Å². The molecule has 2 N–H and O–H groups in total. The maximum absolute atomic E-state index is 11.3. The fourth-order valence-corrected chi connectivity index (χ4v) is 3.22. The van der Waals surface area contributed by atoms with Crippen LogP contribution in [0.4, 0.5) is 0 Å². The van der Waals surface area contributed by atoms with E-state index < -0.39 is 0 Å². The molecule has 0 saturated heterocycles. The molecule has 0 radical (unpaired) electrons. The van der Waals surface area contributed by atoms with Crippen molar-refractivity contribution in [3.05, 3.63) is 79.8 Å². The molecule has 144 valence electrons. The Labute approximate surface area is 168 Å². The molecule has 0 aliphatic heterocycles. The summed E-state index contributed by atoms with van der Waals surface area (Å²) in [7, 11) is 0. The van der Waals surface area contributed by atoms with Crippen LogP contribution in [-0.2, 0) is 4.79 Å². The third kappa shape index (κ3) is 3.87. The van der Waals surface area contributed by atoms with E-state index in [2.05, 4.69) is 39.0 Å². The Morgan fingerprint density at radius 1 is 1.14 bits per heavy atom. The van der Waals surface area contributed by atoms with Crippen molar-refractivity contribution in [3.8, 4) is 28.1 Å². The van der Waals surface area contributed by atoms with Crippen molar-refractivity contribution in [2.75, 3.05) is 13.2 Å². The normalized spacial score (nSPS) is 10.6. The number of hydrogen-bond acceptors (Lipinski definition) is 4. The number of carbonyl (C=O) groups is 1. The summed E-state index contributed by atoms with van der Waals surface area (Å²) in [6.07, 6.45) is 6.44. The lowest BCUT2D eigenvalue weighted by molar-refractivity contribution is -0.116. The first-order chi connectivity index (χ1) is 14.3. The van der Waals surface area contributed by atoms with Crippen molar-refractivity contribution in [1.82, 2.24) is 20.3 Å². The van der Waals surface area contributed by atoms with E-state index in [-0.39, 0.29) is 5.91 Å². The summed E-state index contributed by atoms with van der Waals surface area (Å²) < 4.78 is 5.92. The highest BCUT2D eigenvalue weighted by atomic mass is 16.5. The Balaban J connectivity index is 1.74. The molecule has 0 fully saturated rings. The maximum atomic E-state index is 11.3. The molecule has 3 heterocycles. The predicted octanol–water partition coefficient (Wildman–Crippen LogP) is 3.97. The van der Waals surface area contributed by atoms with E-state index in [1.807, 2.05) is 36.4 Å². The zero-order valence-corrected chi connectivity index (χ0v) is 15.8. The lowest BCUT2D eigenvalue weighted by atomic mass is 10.0. The van der Waals surface area contributed by atoms with Gasteiger partial charge in [-0.3, -0.25) is 14.8 Å². The summed E-state index contributed by atoms with van der Waals surface area (Å²) in [5.74, 6) is 0.400. The second-order valence-corrected chi connectivity index (χ2v) is 6.36. The number of amides is 1. The van der Waals surface area contributed by atoms with Crippen LogP contribution in [0, 0.1) is 0 Å². The van der Waals surface area contributed by atoms with E-state index >= 15 is 0 Å². The molecule has 4 rings (SSSR count). The molecular formula is C23H20N4O2. The molecule has 1 amide bonds. The number of aromatic amines is 1. The van der Waals surface area contributed by atoms with Crippen LogP contribution in [0.1, 0.15) is 0 Å². The van der Waals surface area contributed by atoms with Crippen LogP contribution in [0.5, 0.6) is 5.75 Å². The summed E-state index contributed by atoms with van der Waals surface area (Å²) in [5.41, 5.74) is 5.71. The van der Waals surface area contributed by atoms with Gasteiger partial charge in [-0.25, -0.2) is 0 Å². The Morgan fingerprint density at radius 2 is 2.00 bits per heavy atom. The van der Waals surface area contributed by atoms with E-state index in [4.69, 9.17) is 4.74 Å². The smallest absolute Gasteiger partial charge is 0.243 e. The second kappa shape index (κ2) is 8.39. The molecule has 0 atom stereocenters. The van der Waals surface area contributed by atoms with Crippen LogP contribution >= 0.6 is 0 Å². The monoisotopic (exact) mass is 384 g/mol. The first-order valence-electron chi connectivity index (χ1n) is 9.27. The number of nitrogens with one attached hydrogen (secondary N) is 2. The van der Waals surface area contributed by atoms with Gasteiger partial charge in [-0.15, -0.1) is 0 Å². The van der Waals surface area contributed by atoms with E-state index in [9.17, 15) is 4.79 Å². The summed E-state index contributed by atoms with van der Waals surface area (Å²) in [5, 5.41) is 2.70. The molecule has 6 nitrogen and oxygen atoms in total. The molecule has 29 heavy (non-hydrogen) atoms. The zero-order valence-electron chi connectivity index (χ0n) is 15.8. The van der Waals surface area contributed by atoms with Crippen molar-refractivity contribution in [2.24, 2.45) is 0 Å². The van der Waals surface area contributed by atoms with Gasteiger partial charge in [0, 0.05) is 23.5 Å². The number of rotatable bonds is 7. The van der Waals surface area contributed by atoms with Crippen LogP contribution in [0.3, 0.4) is 0 Å². The number of fused-ring (bicyclic) bond motifs is 1. The first kappa shape index (κ1) is 18.4. The number of carbonyl (C=O) groups excluding carboxylic acids is 1. The average Bonchev–Trinajstić information content (AvgIpc) is 3.16. The van der Waals surface area contributed by atoms with Gasteiger partial charge < -0.3 is 15.0 Å². The third-order valence-electron chi connectivity index (χ3n) is 4.51. The fraction of sp³-hybridized carbons (Fsp3) is 0.0870. The summed E-state index contributed by atoms with van der Waals surface area (Å²) in [4.78, 5) is 23.6. The third-order valence-corrected chi connectivity index (χ3v) is 4.51. The van der Waals surface area contributed by atoms with Gasteiger partial charge >= 0.3 is 0 Å². The van der Waals surface area contributed by atoms with Crippen molar-refractivity contribution in [3.63, 3.8) is 0 Å². The number of aromatic nitrogens is 3. The molecule has 0 bridgehead atoms. The minimum absolute atomic E-state index is 0.229. The van der Waals surface area contributed by atoms with E-state index in [1.54, 1.807) is 18.6 Å². The molecule has 3 aromatic heterocycles. The molecular weight excluding hydrogens is 364 g/mol. The molecule has 0 spiro atoms. The lowest BCUT2D eigenvalue weighted by Crippen LogP contribution is -2.26. The first-order valence-corrected chi connectivity index (χ1v) is 9.27. The van der Waals surface area contributed by atoms with Gasteiger partial charge in [-0.05, 0) is 29.8 Å². The van der Waals surface area contributed by atoms with Crippen molar-refractivity contribution < 1.29 is 9.53 Å². The van der Waals surface area contributed by atoms with Gasteiger partial charge in [0.15, 0.2) is 0 Å². The molecule has 6 heteroatoms. The highest BCUT2D eigenvalue weighted by Gasteiger charge is 2.18. The highest BCUT2D eigenvalue weighted by Crippen LogP contribution is 2.40. The van der Waals surface area contributed by atoms with Crippen molar-refractivity contribution in [2.45, 2.75) is 0 Å². The van der Waals surface area contributed by atoms with Crippen LogP contribution in [0.25, 0.3) is 33.4 Å². The Morgan fingerprint density at radius 3 is 2.83 bits per heavy atom. The quantitative estimate of drug-likeness (QED) is 0.373. The standard InChI is InChI=1S/C23H20N4O2/c1-2-20(28)25-13-14-29-19-15-24-12-10-17(19)22-21(16-7-4-3-5-8-16)23-18(27-22)9-6-11-26-23/h2-12,15,27H,1,13-14H2,(H,25,28). The largest absolute Gasteiger partial charge is 0.489 e. The SMILES string of the molecule is C=CC(=O)NCCOc1cnccc1-c1[nH]c2cccnc2c1-c1ccccc1. The number of pyridine rings is 2. The van der Waals surface area contributed by atoms with Crippen LogP contribution in [-0.4, -0.2) is 34.0 Å². The maximum Gasteiger partial charge on any atom is 0.243 e. The summed E-state index contributed by atoms with van der Waals surface area (Å²) in [6, 6.07) is 16.0. The van der Waals surface area contributed by atoms with E-state index in [1.165, 1.54) is 6.08 Å². The number of hydrogen-bond donors (Lipinski definition) is 2. The predicted molar refractivity (Wildman–Crippen MR) is 113 cm³/mol. The average molecular weight is 384 g/mol. The minimum atomic E-state index is -0.229. The zero-order chi connectivity index (χ0) is 20.1. The van der Waals surface area contributed by atoms with Crippen LogP contribution in [0.2, 0.25) is 0 Å². The lowest BCUT2D eigenvalue weighted by Gasteiger charge is -2.12. The van der Waals surface area contributed by atoms with Crippen molar-refractivity contribution >= 4 is 16.9 Å². The molecule has 0 aliphatic rings. The van der Waals surface area contributed by atoms with Gasteiger partial charge in [0.25, 0.3) is 0 Å². The molecule has 4 aromatic rings. The minimum Gasteiger partial charge on any atom is -0.489 e. The second-order valence-electron chi connectivity index (χ2n) is 6.36. The Kier molecular flexibility index (Phi) is 5.33.